The van der Waals surface area contributed by atoms with Crippen LogP contribution in [0.15, 0.2) is 53.4 Å². The van der Waals surface area contributed by atoms with Gasteiger partial charge in [-0.1, -0.05) is 61.9 Å². The van der Waals surface area contributed by atoms with Crippen LogP contribution in [0.1, 0.15) is 89.8 Å². The van der Waals surface area contributed by atoms with E-state index >= 15 is 0 Å². The summed E-state index contributed by atoms with van der Waals surface area (Å²) >= 11 is 1.54. The minimum Gasteiger partial charge on any atom is -0.350 e. The first-order valence-corrected chi connectivity index (χ1v) is 20.8. The van der Waals surface area contributed by atoms with Crippen molar-refractivity contribution in [3.63, 3.8) is 0 Å². The topological polar surface area (TPSA) is 175 Å². The Balaban J connectivity index is 1.84. The van der Waals surface area contributed by atoms with E-state index in [1.165, 1.54) is 11.8 Å². The summed E-state index contributed by atoms with van der Waals surface area (Å²) < 4.78 is 0. The van der Waals surface area contributed by atoms with Crippen LogP contribution in [0.3, 0.4) is 0 Å². The molecule has 13 heteroatoms. The van der Waals surface area contributed by atoms with E-state index in [1.54, 1.807) is 0 Å². The minimum atomic E-state index is -1.03. The van der Waals surface area contributed by atoms with Crippen molar-refractivity contribution in [2.24, 2.45) is 11.7 Å². The maximum atomic E-state index is 14.6. The van der Waals surface area contributed by atoms with E-state index in [-0.39, 0.29) is 24.2 Å². The molecule has 0 aromatic heterocycles. The van der Waals surface area contributed by atoms with Crippen LogP contribution in [0.25, 0.3) is 0 Å². The van der Waals surface area contributed by atoms with Crippen molar-refractivity contribution in [2.45, 2.75) is 140 Å². The smallest absolute Gasteiger partial charge is 0.243 e. The summed E-state index contributed by atoms with van der Waals surface area (Å²) in [4.78, 5) is 74.7. The molecule has 2 aromatic rings. The van der Waals surface area contributed by atoms with Crippen LogP contribution >= 0.6 is 11.8 Å². The normalized spacial score (nSPS) is 24.5. The molecule has 6 atom stereocenters. The summed E-state index contributed by atoms with van der Waals surface area (Å²) in [6.07, 6.45) is 3.17. The Bertz CT molecular complexity index is 1630. The number of thioether (sulfide) groups is 1. The molecule has 0 radical (unpaired) electrons. The van der Waals surface area contributed by atoms with Gasteiger partial charge in [-0.25, -0.2) is 0 Å². The number of nitrogens with one attached hydrogen (secondary N) is 5. The summed E-state index contributed by atoms with van der Waals surface area (Å²) in [7, 11) is 0. The number of carbonyl (C=O) groups is 5. The fraction of sp³-hybridized carbons (Fsp3) is 0.595. The molecule has 0 saturated carbocycles. The number of rotatable bonds is 12. The van der Waals surface area contributed by atoms with E-state index in [2.05, 4.69) is 32.7 Å². The molecule has 55 heavy (non-hydrogen) atoms. The molecule has 5 amide bonds. The van der Waals surface area contributed by atoms with Crippen molar-refractivity contribution in [3.05, 3.63) is 65.2 Å². The average molecular weight is 778 g/mol. The van der Waals surface area contributed by atoms with Gasteiger partial charge >= 0.3 is 0 Å². The van der Waals surface area contributed by atoms with Crippen molar-refractivity contribution in [3.8, 4) is 0 Å². The van der Waals surface area contributed by atoms with E-state index in [1.807, 2.05) is 95.8 Å². The maximum Gasteiger partial charge on any atom is 0.243 e. The fourth-order valence-electron chi connectivity index (χ4n) is 7.38. The van der Waals surface area contributed by atoms with Gasteiger partial charge in [0.05, 0.1) is 12.1 Å². The molecule has 0 bridgehead atoms. The standard InChI is InChI=1S/C42H63N7O5S/c1-26(2)22-31-38(51)45-32(24-29-14-9-8-10-15-29)39(52)44-30(16-11-12-20-43)37(50)47-33(25-55-35-19-18-27(3)23-28(35)4)36(41(54)48-42(5,6)7)49-21-13-17-34(49)40(53)46-31/h8-10,14-15,18-19,23,26,30-34,36H,11-13,16-17,20-22,24-25,43H2,1-7H3,(H,44,52)(H,45,51)(H,46,53)(H,47,50)(H,48,54)/t30?,31-,32-,33+,34+,36+/m1/s1. The fourth-order valence-corrected chi connectivity index (χ4v) is 8.46. The zero-order chi connectivity index (χ0) is 40.3. The quantitative estimate of drug-likeness (QED) is 0.140. The van der Waals surface area contributed by atoms with Gasteiger partial charge in [0.1, 0.15) is 24.2 Å². The molecule has 2 aromatic carbocycles. The molecule has 2 heterocycles. The summed E-state index contributed by atoms with van der Waals surface area (Å²) in [6, 6.07) is 10.2. The lowest BCUT2D eigenvalue weighted by Gasteiger charge is -2.39. The first kappa shape index (κ1) is 43.8. The molecular formula is C42H63N7O5S. The monoisotopic (exact) mass is 777 g/mol. The summed E-state index contributed by atoms with van der Waals surface area (Å²) in [5, 5.41) is 15.3. The first-order chi connectivity index (χ1) is 26.1. The van der Waals surface area contributed by atoms with E-state index in [0.29, 0.717) is 57.4 Å². The molecule has 7 N–H and O–H groups in total. The first-order valence-electron chi connectivity index (χ1n) is 19.8. The molecular weight excluding hydrogens is 715 g/mol. The highest BCUT2D eigenvalue weighted by atomic mass is 32.2. The average Bonchev–Trinajstić information content (AvgIpc) is 3.58. The second kappa shape index (κ2) is 20.3. The molecule has 302 valence electrons. The number of unbranched alkanes of at least 4 members (excludes halogenated alkanes) is 1. The predicted octanol–water partition coefficient (Wildman–Crippen LogP) is 3.51. The number of nitrogens with zero attached hydrogens (tertiary/aromatic N) is 1. The summed E-state index contributed by atoms with van der Waals surface area (Å²) in [6.45, 7) is 14.6. The Morgan fingerprint density at radius 3 is 2.20 bits per heavy atom. The number of carbonyl (C=O) groups excluding carboxylic acids is 5. The van der Waals surface area contributed by atoms with Gasteiger partial charge in [-0.05, 0) is 109 Å². The van der Waals surface area contributed by atoms with Crippen LogP contribution in [0.2, 0.25) is 0 Å². The molecule has 12 nitrogen and oxygen atoms in total. The van der Waals surface area contributed by atoms with Gasteiger partial charge in [0, 0.05) is 22.6 Å². The van der Waals surface area contributed by atoms with Gasteiger partial charge in [0.2, 0.25) is 29.5 Å². The van der Waals surface area contributed by atoms with Gasteiger partial charge in [0.25, 0.3) is 0 Å². The van der Waals surface area contributed by atoms with Crippen LogP contribution in [0.4, 0.5) is 0 Å². The predicted molar refractivity (Wildman–Crippen MR) is 218 cm³/mol. The third-order valence-corrected chi connectivity index (χ3v) is 11.3. The number of hydrogen-bond donors (Lipinski definition) is 6. The van der Waals surface area contributed by atoms with Crippen molar-refractivity contribution >= 4 is 41.3 Å². The van der Waals surface area contributed by atoms with Gasteiger partial charge < -0.3 is 32.3 Å². The van der Waals surface area contributed by atoms with Gasteiger partial charge in [-0.3, -0.25) is 28.9 Å². The van der Waals surface area contributed by atoms with Crippen LogP contribution in [0, 0.1) is 19.8 Å². The maximum absolute atomic E-state index is 14.6. The third kappa shape index (κ3) is 13.1. The number of benzene rings is 2. The lowest BCUT2D eigenvalue weighted by Crippen LogP contribution is -2.65. The van der Waals surface area contributed by atoms with Crippen molar-refractivity contribution in [1.29, 1.82) is 0 Å². The number of aryl methyl sites for hydroxylation is 2. The Morgan fingerprint density at radius 1 is 0.891 bits per heavy atom. The number of nitrogens with two attached hydrogens (primary N) is 1. The molecule has 2 fully saturated rings. The number of amides is 5. The summed E-state index contributed by atoms with van der Waals surface area (Å²) in [5.74, 6) is -1.75. The van der Waals surface area contributed by atoms with Gasteiger partial charge in [-0.2, -0.15) is 0 Å². The highest BCUT2D eigenvalue weighted by molar-refractivity contribution is 7.99. The van der Waals surface area contributed by atoms with Crippen LogP contribution in [-0.4, -0.2) is 95.1 Å². The Kier molecular flexibility index (Phi) is 16.2. The molecule has 2 aliphatic heterocycles. The lowest BCUT2D eigenvalue weighted by molar-refractivity contribution is -0.136. The zero-order valence-corrected chi connectivity index (χ0v) is 34.5. The van der Waals surface area contributed by atoms with E-state index in [9.17, 15) is 24.0 Å². The van der Waals surface area contributed by atoms with Crippen molar-refractivity contribution in [2.75, 3.05) is 18.8 Å². The molecule has 0 aliphatic carbocycles. The Morgan fingerprint density at radius 2 is 1.55 bits per heavy atom. The van der Waals surface area contributed by atoms with E-state index in [4.69, 9.17) is 5.73 Å². The summed E-state index contributed by atoms with van der Waals surface area (Å²) in [5.41, 5.74) is 8.27. The molecule has 2 aliphatic rings. The zero-order valence-electron chi connectivity index (χ0n) is 33.7. The number of hydrogen-bond acceptors (Lipinski definition) is 8. The van der Waals surface area contributed by atoms with Gasteiger partial charge in [-0.15, -0.1) is 11.8 Å². The van der Waals surface area contributed by atoms with Crippen LogP contribution in [0.5, 0.6) is 0 Å². The molecule has 0 spiro atoms. The molecule has 1 unspecified atom stereocenters. The second-order valence-electron chi connectivity index (χ2n) is 16.6. The Labute approximate surface area is 331 Å². The van der Waals surface area contributed by atoms with Gasteiger partial charge in [0.15, 0.2) is 0 Å². The second-order valence-corrected chi connectivity index (χ2v) is 17.6. The number of fused-ring (bicyclic) bond motifs is 1. The highest BCUT2D eigenvalue weighted by Crippen LogP contribution is 2.29. The Hall–Kier alpha value is -3.94. The van der Waals surface area contributed by atoms with Crippen LogP contribution in [-0.2, 0) is 30.4 Å². The molecule has 4 rings (SSSR count). The minimum absolute atomic E-state index is 0.0462. The largest absolute Gasteiger partial charge is 0.350 e. The third-order valence-electron chi connectivity index (χ3n) is 10.0. The lowest BCUT2D eigenvalue weighted by atomic mass is 10.00. The SMILES string of the molecule is Cc1ccc(SC[C@@H]2NC(=O)C(CCCCN)NC(=O)[C@@H](Cc3ccccc3)NC(=O)[C@@H](CC(C)C)NC(=O)[C@@H]3CCCN3[C@@H]2C(=O)NC(C)(C)C)c(C)c1. The van der Waals surface area contributed by atoms with E-state index < -0.39 is 59.5 Å². The van der Waals surface area contributed by atoms with Crippen LogP contribution < -0.4 is 32.3 Å². The highest BCUT2D eigenvalue weighted by Gasteiger charge is 2.45. The van der Waals surface area contributed by atoms with Crippen molar-refractivity contribution in [1.82, 2.24) is 31.5 Å². The van der Waals surface area contributed by atoms with E-state index in [0.717, 1.165) is 21.6 Å². The van der Waals surface area contributed by atoms with Crippen molar-refractivity contribution < 1.29 is 24.0 Å². The molecule has 2 saturated heterocycles.